The summed E-state index contributed by atoms with van der Waals surface area (Å²) in [5, 5.41) is 0. The van der Waals surface area contributed by atoms with E-state index in [9.17, 15) is 8.42 Å². The van der Waals surface area contributed by atoms with Crippen LogP contribution in [0.3, 0.4) is 0 Å². The molecule has 20 heavy (non-hydrogen) atoms. The van der Waals surface area contributed by atoms with Gasteiger partial charge in [0.15, 0.2) is 9.84 Å². The molecule has 2 rings (SSSR count). The first kappa shape index (κ1) is 14.4. The number of nitrogens with zero attached hydrogens (tertiary/aromatic N) is 1. The maximum atomic E-state index is 11.8. The molecule has 5 heteroatoms. The number of benzene rings is 2. The second-order valence-corrected chi connectivity index (χ2v) is 6.82. The van der Waals surface area contributed by atoms with Gasteiger partial charge in [-0.05, 0) is 29.8 Å². The van der Waals surface area contributed by atoms with E-state index in [2.05, 4.69) is 0 Å². The maximum Gasteiger partial charge on any atom is 0.177 e. The largest absolute Gasteiger partial charge is 0.399 e. The fourth-order valence-electron chi connectivity index (χ4n) is 2.07. The molecule has 0 saturated heterocycles. The van der Waals surface area contributed by atoms with E-state index in [-0.39, 0.29) is 0 Å². The lowest BCUT2D eigenvalue weighted by molar-refractivity contribution is 0.601. The third-order valence-corrected chi connectivity index (χ3v) is 4.22. The van der Waals surface area contributed by atoms with Crippen molar-refractivity contribution in [3.63, 3.8) is 0 Å². The number of rotatable bonds is 4. The van der Waals surface area contributed by atoms with Crippen LogP contribution in [0.25, 0.3) is 0 Å². The van der Waals surface area contributed by atoms with Gasteiger partial charge >= 0.3 is 0 Å². The molecular formula is C15H18N2O2S. The predicted molar refractivity (Wildman–Crippen MR) is 82.5 cm³/mol. The van der Waals surface area contributed by atoms with Gasteiger partial charge in [0.1, 0.15) is 0 Å². The van der Waals surface area contributed by atoms with E-state index in [0.29, 0.717) is 22.8 Å². The predicted octanol–water partition coefficient (Wildman–Crippen LogP) is 2.31. The summed E-state index contributed by atoms with van der Waals surface area (Å²) in [6.45, 7) is 0.618. The first-order chi connectivity index (χ1) is 9.38. The third kappa shape index (κ3) is 3.30. The Balaban J connectivity index is 2.30. The minimum atomic E-state index is -3.24. The van der Waals surface area contributed by atoms with E-state index < -0.39 is 9.84 Å². The van der Waals surface area contributed by atoms with Gasteiger partial charge in [-0.1, -0.05) is 24.3 Å². The lowest BCUT2D eigenvalue weighted by Gasteiger charge is -2.22. The number of nitrogens with two attached hydrogens (primary N) is 1. The highest BCUT2D eigenvalue weighted by Gasteiger charge is 2.15. The summed E-state index contributed by atoms with van der Waals surface area (Å²) in [5.41, 5.74) is 8.15. The molecule has 0 amide bonds. The quantitative estimate of drug-likeness (QED) is 0.878. The van der Waals surface area contributed by atoms with Crippen LogP contribution < -0.4 is 10.6 Å². The minimum absolute atomic E-state index is 0.345. The Bertz CT molecular complexity index is 694. The van der Waals surface area contributed by atoms with Gasteiger partial charge in [0.05, 0.1) is 10.6 Å². The van der Waals surface area contributed by atoms with Crippen molar-refractivity contribution in [2.45, 2.75) is 11.4 Å². The molecule has 0 bridgehead atoms. The van der Waals surface area contributed by atoms with Crippen LogP contribution in [-0.2, 0) is 16.4 Å². The molecule has 0 aliphatic rings. The Kier molecular flexibility index (Phi) is 3.99. The van der Waals surface area contributed by atoms with Crippen LogP contribution in [0.4, 0.5) is 11.4 Å². The highest BCUT2D eigenvalue weighted by Crippen LogP contribution is 2.25. The number of hydrogen-bond donors (Lipinski definition) is 1. The Morgan fingerprint density at radius 1 is 1.05 bits per heavy atom. The topological polar surface area (TPSA) is 63.4 Å². The van der Waals surface area contributed by atoms with Gasteiger partial charge in [-0.3, -0.25) is 0 Å². The van der Waals surface area contributed by atoms with Crippen LogP contribution in [0.15, 0.2) is 53.4 Å². The molecule has 0 aliphatic heterocycles. The maximum absolute atomic E-state index is 11.8. The monoisotopic (exact) mass is 290 g/mol. The van der Waals surface area contributed by atoms with Gasteiger partial charge in [-0.25, -0.2) is 8.42 Å². The van der Waals surface area contributed by atoms with Crippen molar-refractivity contribution < 1.29 is 8.42 Å². The third-order valence-electron chi connectivity index (χ3n) is 3.08. The zero-order chi connectivity index (χ0) is 14.8. The molecule has 0 heterocycles. The molecule has 4 nitrogen and oxygen atoms in total. The average Bonchev–Trinajstić information content (AvgIpc) is 2.40. The molecule has 0 unspecified atom stereocenters. The standard InChI is InChI=1S/C15H18N2O2S/c1-17(11-12-7-9-13(16)10-8-12)14-5-3-4-6-15(14)20(2,18)19/h3-10H,11,16H2,1-2H3. The number of hydrogen-bond acceptors (Lipinski definition) is 4. The molecule has 106 valence electrons. The number of nitrogen functional groups attached to an aromatic ring is 1. The van der Waals surface area contributed by atoms with Crippen LogP contribution in [0.5, 0.6) is 0 Å². The van der Waals surface area contributed by atoms with E-state index in [0.717, 1.165) is 5.56 Å². The summed E-state index contributed by atoms with van der Waals surface area (Å²) < 4.78 is 23.6. The molecule has 0 saturated carbocycles. The first-order valence-corrected chi connectivity index (χ1v) is 8.12. The molecular weight excluding hydrogens is 272 g/mol. The van der Waals surface area contributed by atoms with E-state index >= 15 is 0 Å². The molecule has 0 aromatic heterocycles. The number of para-hydroxylation sites is 1. The van der Waals surface area contributed by atoms with Crippen LogP contribution in [0.2, 0.25) is 0 Å². The molecule has 0 fully saturated rings. The normalized spacial score (nSPS) is 11.3. The number of anilines is 2. The molecule has 0 spiro atoms. The van der Waals surface area contributed by atoms with Gasteiger partial charge < -0.3 is 10.6 Å². The molecule has 2 N–H and O–H groups in total. The van der Waals surface area contributed by atoms with Crippen molar-refractivity contribution in [1.82, 2.24) is 0 Å². The van der Waals surface area contributed by atoms with Crippen LogP contribution >= 0.6 is 0 Å². The zero-order valence-corrected chi connectivity index (χ0v) is 12.4. The van der Waals surface area contributed by atoms with Crippen LogP contribution in [0.1, 0.15) is 5.56 Å². The SMILES string of the molecule is CN(Cc1ccc(N)cc1)c1ccccc1S(C)(=O)=O. The smallest absolute Gasteiger partial charge is 0.177 e. The molecule has 2 aromatic carbocycles. The summed E-state index contributed by atoms with van der Waals surface area (Å²) in [5.74, 6) is 0. The number of sulfone groups is 1. The van der Waals surface area contributed by atoms with E-state index in [1.165, 1.54) is 6.26 Å². The molecule has 0 radical (unpaired) electrons. The van der Waals surface area contributed by atoms with E-state index in [4.69, 9.17) is 5.73 Å². The average molecular weight is 290 g/mol. The Labute approximate surface area is 119 Å². The van der Waals surface area contributed by atoms with Crippen LogP contribution in [-0.4, -0.2) is 21.7 Å². The van der Waals surface area contributed by atoms with E-state index in [1.54, 1.807) is 12.1 Å². The molecule has 0 aliphatic carbocycles. The van der Waals surface area contributed by atoms with E-state index in [1.807, 2.05) is 48.3 Å². The lowest BCUT2D eigenvalue weighted by atomic mass is 10.2. The summed E-state index contributed by atoms with van der Waals surface area (Å²) in [7, 11) is -1.36. The van der Waals surface area contributed by atoms with Gasteiger partial charge in [-0.2, -0.15) is 0 Å². The van der Waals surface area contributed by atoms with Crippen molar-refractivity contribution in [3.05, 3.63) is 54.1 Å². The second-order valence-electron chi connectivity index (χ2n) is 4.84. The summed E-state index contributed by atoms with van der Waals surface area (Å²) in [4.78, 5) is 2.26. The van der Waals surface area contributed by atoms with Gasteiger partial charge in [0.25, 0.3) is 0 Å². The van der Waals surface area contributed by atoms with Crippen molar-refractivity contribution in [2.24, 2.45) is 0 Å². The van der Waals surface area contributed by atoms with Crippen LogP contribution in [0, 0.1) is 0 Å². The van der Waals surface area contributed by atoms with Gasteiger partial charge in [0.2, 0.25) is 0 Å². The Hall–Kier alpha value is -2.01. The minimum Gasteiger partial charge on any atom is -0.399 e. The van der Waals surface area contributed by atoms with Crippen molar-refractivity contribution in [1.29, 1.82) is 0 Å². The first-order valence-electron chi connectivity index (χ1n) is 6.22. The highest BCUT2D eigenvalue weighted by atomic mass is 32.2. The molecule has 2 aromatic rings. The Morgan fingerprint density at radius 2 is 1.65 bits per heavy atom. The van der Waals surface area contributed by atoms with Gasteiger partial charge in [0, 0.05) is 25.5 Å². The highest BCUT2D eigenvalue weighted by molar-refractivity contribution is 7.90. The van der Waals surface area contributed by atoms with Crippen molar-refractivity contribution in [3.8, 4) is 0 Å². The zero-order valence-electron chi connectivity index (χ0n) is 11.6. The lowest BCUT2D eigenvalue weighted by Crippen LogP contribution is -2.19. The Morgan fingerprint density at radius 3 is 2.25 bits per heavy atom. The van der Waals surface area contributed by atoms with Crippen molar-refractivity contribution in [2.75, 3.05) is 23.9 Å². The molecule has 0 atom stereocenters. The fraction of sp³-hybridized carbons (Fsp3) is 0.200. The summed E-state index contributed by atoms with van der Waals surface area (Å²) in [6, 6.07) is 14.6. The fourth-order valence-corrected chi connectivity index (χ4v) is 3.00. The summed E-state index contributed by atoms with van der Waals surface area (Å²) >= 11 is 0. The summed E-state index contributed by atoms with van der Waals surface area (Å²) in [6.07, 6.45) is 1.23. The van der Waals surface area contributed by atoms with Gasteiger partial charge in [-0.15, -0.1) is 0 Å². The van der Waals surface area contributed by atoms with Crippen molar-refractivity contribution >= 4 is 21.2 Å². The second kappa shape index (κ2) is 5.54.